The van der Waals surface area contributed by atoms with Gasteiger partial charge >= 0.3 is 0 Å². The third-order valence-electron chi connectivity index (χ3n) is 7.66. The van der Waals surface area contributed by atoms with Crippen LogP contribution in [0.5, 0.6) is 0 Å². The number of hydrogen-bond acceptors (Lipinski definition) is 6. The molecule has 5 aromatic rings. The minimum atomic E-state index is -0.406. The molecule has 1 aliphatic heterocycles. The van der Waals surface area contributed by atoms with Gasteiger partial charge in [0.15, 0.2) is 4.80 Å². The molecule has 0 unspecified atom stereocenters. The van der Waals surface area contributed by atoms with Crippen molar-refractivity contribution < 1.29 is 9.34 Å². The van der Waals surface area contributed by atoms with Crippen LogP contribution in [-0.2, 0) is 6.42 Å². The zero-order chi connectivity index (χ0) is 28.2. The van der Waals surface area contributed by atoms with Crippen molar-refractivity contribution in [2.45, 2.75) is 25.8 Å². The molecule has 41 heavy (non-hydrogen) atoms. The maximum Gasteiger partial charge on any atom is 0.273 e. The molecule has 3 aromatic carbocycles. The summed E-state index contributed by atoms with van der Waals surface area (Å²) in [5.41, 5.74) is 6.20. The van der Waals surface area contributed by atoms with Crippen LogP contribution in [0.3, 0.4) is 0 Å². The Morgan fingerprint density at radius 2 is 1.88 bits per heavy atom. The number of thiazole rings is 1. The summed E-state index contributed by atoms with van der Waals surface area (Å²) in [6.45, 7) is 1.70. The van der Waals surface area contributed by atoms with Gasteiger partial charge in [0.1, 0.15) is 11.5 Å². The van der Waals surface area contributed by atoms with E-state index in [2.05, 4.69) is 12.1 Å². The first-order valence-electron chi connectivity index (χ1n) is 13.1. The van der Waals surface area contributed by atoms with E-state index in [9.17, 15) is 14.9 Å². The van der Waals surface area contributed by atoms with Crippen LogP contribution < -0.4 is 14.9 Å². The van der Waals surface area contributed by atoms with Crippen molar-refractivity contribution in [2.24, 2.45) is 4.99 Å². The number of hydrogen-bond donors (Lipinski definition) is 0. The summed E-state index contributed by atoms with van der Waals surface area (Å²) in [6, 6.07) is 24.0. The summed E-state index contributed by atoms with van der Waals surface area (Å²) in [5.74, 6) is 0.949. The number of halogens is 1. The molecule has 0 saturated carbocycles. The van der Waals surface area contributed by atoms with Crippen LogP contribution in [0.4, 0.5) is 5.69 Å². The molecule has 0 spiro atoms. The number of nitro benzene ring substituents is 1. The van der Waals surface area contributed by atoms with Gasteiger partial charge in [0, 0.05) is 33.9 Å². The number of rotatable bonds is 4. The molecular weight excluding hydrogens is 558 g/mol. The Bertz CT molecular complexity index is 2100. The summed E-state index contributed by atoms with van der Waals surface area (Å²) >= 11 is 8.02. The Balaban J connectivity index is 1.38. The number of nitro groups is 1. The molecule has 202 valence electrons. The topological polar surface area (TPSA) is 90.6 Å². The fourth-order valence-corrected chi connectivity index (χ4v) is 6.89. The second kappa shape index (κ2) is 9.83. The highest BCUT2D eigenvalue weighted by atomic mass is 35.5. The smallest absolute Gasteiger partial charge is 0.273 e. The number of furan rings is 1. The number of nitrogens with zero attached hydrogens (tertiary/aromatic N) is 3. The molecule has 0 amide bonds. The van der Waals surface area contributed by atoms with E-state index in [0.717, 1.165) is 35.2 Å². The van der Waals surface area contributed by atoms with Crippen LogP contribution in [0.15, 0.2) is 98.6 Å². The standard InChI is InChI=1S/C32H22ClN3O4S/c1-18-10-11-20(16-26(18)36(38)39)27-15-13-21(40-27)17-28-31(37)35-30(23-8-4-5-9-25(23)33)24-14-12-19-6-2-3-7-22(19)29(24)34-32(35)41-28/h2-11,13,15-17,30H,12,14H2,1H3/b28-17-/t30-/m1/s1. The van der Waals surface area contributed by atoms with E-state index in [1.165, 1.54) is 23.0 Å². The zero-order valence-electron chi connectivity index (χ0n) is 21.8. The van der Waals surface area contributed by atoms with Gasteiger partial charge in [-0.2, -0.15) is 0 Å². The van der Waals surface area contributed by atoms with E-state index in [-0.39, 0.29) is 17.3 Å². The molecule has 7 nitrogen and oxygen atoms in total. The first-order chi connectivity index (χ1) is 19.9. The predicted octanol–water partition coefficient (Wildman–Crippen LogP) is 6.45. The summed E-state index contributed by atoms with van der Waals surface area (Å²) in [4.78, 5) is 30.6. The van der Waals surface area contributed by atoms with Gasteiger partial charge in [-0.25, -0.2) is 4.99 Å². The molecule has 0 radical (unpaired) electrons. The molecular formula is C32H22ClN3O4S. The third-order valence-corrected chi connectivity index (χ3v) is 8.99. The Hall–Kier alpha value is -4.53. The number of aryl methyl sites for hydroxylation is 2. The maximum absolute atomic E-state index is 14.0. The van der Waals surface area contributed by atoms with Gasteiger partial charge in [0.05, 0.1) is 21.2 Å². The second-order valence-electron chi connectivity index (χ2n) is 10.1. The van der Waals surface area contributed by atoms with E-state index < -0.39 is 4.92 Å². The van der Waals surface area contributed by atoms with Crippen LogP contribution in [-0.4, -0.2) is 9.49 Å². The monoisotopic (exact) mass is 579 g/mol. The number of allylic oxidation sites excluding steroid dienone is 1. The maximum atomic E-state index is 14.0. The summed E-state index contributed by atoms with van der Waals surface area (Å²) in [5, 5.41) is 12.0. The van der Waals surface area contributed by atoms with Gasteiger partial charge in [0.2, 0.25) is 0 Å². The molecule has 2 aromatic heterocycles. The summed E-state index contributed by atoms with van der Waals surface area (Å²) in [7, 11) is 0. The molecule has 0 saturated heterocycles. The fraction of sp³-hybridized carbons (Fsp3) is 0.125. The van der Waals surface area contributed by atoms with E-state index in [0.29, 0.717) is 37.0 Å². The van der Waals surface area contributed by atoms with Gasteiger partial charge < -0.3 is 4.42 Å². The average molecular weight is 580 g/mol. The lowest BCUT2D eigenvalue weighted by Gasteiger charge is -2.31. The summed E-state index contributed by atoms with van der Waals surface area (Å²) < 4.78 is 8.25. The number of aromatic nitrogens is 1. The van der Waals surface area contributed by atoms with Gasteiger partial charge in [-0.1, -0.05) is 77.5 Å². The number of fused-ring (bicyclic) bond motifs is 3. The van der Waals surface area contributed by atoms with Gasteiger partial charge in [0.25, 0.3) is 11.2 Å². The van der Waals surface area contributed by atoms with Crippen molar-refractivity contribution in [2.75, 3.05) is 0 Å². The van der Waals surface area contributed by atoms with Crippen LogP contribution >= 0.6 is 22.9 Å². The largest absolute Gasteiger partial charge is 0.457 e. The Morgan fingerprint density at radius 1 is 1.07 bits per heavy atom. The quantitative estimate of drug-likeness (QED) is 0.181. The number of benzene rings is 3. The van der Waals surface area contributed by atoms with Crippen molar-refractivity contribution >= 4 is 40.4 Å². The minimum absolute atomic E-state index is 0.0267. The average Bonchev–Trinajstić information content (AvgIpc) is 3.56. The minimum Gasteiger partial charge on any atom is -0.457 e. The van der Waals surface area contributed by atoms with Crippen molar-refractivity contribution in [1.82, 2.24) is 4.57 Å². The molecule has 3 heterocycles. The predicted molar refractivity (Wildman–Crippen MR) is 160 cm³/mol. The van der Waals surface area contributed by atoms with E-state index in [4.69, 9.17) is 21.0 Å². The highest BCUT2D eigenvalue weighted by molar-refractivity contribution is 7.07. The van der Waals surface area contributed by atoms with Crippen LogP contribution in [0.1, 0.15) is 40.5 Å². The van der Waals surface area contributed by atoms with Gasteiger partial charge in [-0.3, -0.25) is 19.5 Å². The Kier molecular flexibility index (Phi) is 6.10. The Morgan fingerprint density at radius 3 is 2.71 bits per heavy atom. The van der Waals surface area contributed by atoms with Crippen molar-refractivity contribution in [3.63, 3.8) is 0 Å². The normalized spacial score (nSPS) is 16.1. The van der Waals surface area contributed by atoms with E-state index in [1.54, 1.807) is 41.8 Å². The van der Waals surface area contributed by atoms with Crippen LogP contribution in [0, 0.1) is 17.0 Å². The Labute approximate surface area is 243 Å². The molecule has 1 atom stereocenters. The molecule has 0 N–H and O–H groups in total. The second-order valence-corrected chi connectivity index (χ2v) is 11.5. The SMILES string of the molecule is Cc1ccc(-c2ccc(/C=c3\sc4n(c3=O)[C@H](c3ccccc3Cl)C3=C(N=4)c4ccccc4CC3)o2)cc1[N+](=O)[O-]. The molecule has 2 aliphatic rings. The molecule has 0 bridgehead atoms. The van der Waals surface area contributed by atoms with Crippen molar-refractivity contribution in [3.8, 4) is 11.3 Å². The van der Waals surface area contributed by atoms with E-state index >= 15 is 0 Å². The molecule has 0 fully saturated rings. The fourth-order valence-electron chi connectivity index (χ4n) is 5.67. The van der Waals surface area contributed by atoms with Crippen molar-refractivity contribution in [3.05, 3.63) is 147 Å². The van der Waals surface area contributed by atoms with Crippen molar-refractivity contribution in [1.29, 1.82) is 0 Å². The highest BCUT2D eigenvalue weighted by Gasteiger charge is 2.33. The zero-order valence-corrected chi connectivity index (χ0v) is 23.4. The van der Waals surface area contributed by atoms with Crippen LogP contribution in [0.2, 0.25) is 5.02 Å². The molecule has 7 rings (SSSR count). The lowest BCUT2D eigenvalue weighted by atomic mass is 9.83. The lowest BCUT2D eigenvalue weighted by molar-refractivity contribution is -0.385. The first-order valence-corrected chi connectivity index (χ1v) is 14.3. The van der Waals surface area contributed by atoms with Crippen LogP contribution in [0.25, 0.3) is 23.1 Å². The first kappa shape index (κ1) is 25.4. The lowest BCUT2D eigenvalue weighted by Crippen LogP contribution is -2.38. The van der Waals surface area contributed by atoms with E-state index in [1.807, 2.05) is 36.4 Å². The van der Waals surface area contributed by atoms with Gasteiger partial charge in [-0.15, -0.1) is 0 Å². The summed E-state index contributed by atoms with van der Waals surface area (Å²) in [6.07, 6.45) is 3.35. The van der Waals surface area contributed by atoms with Gasteiger partial charge in [-0.05, 0) is 54.7 Å². The molecule has 9 heteroatoms. The molecule has 1 aliphatic carbocycles. The highest BCUT2D eigenvalue weighted by Crippen LogP contribution is 2.42. The third kappa shape index (κ3) is 4.27.